The first kappa shape index (κ1) is 12.0. The molecule has 5 heteroatoms. The molecule has 2 aromatic rings. The van der Waals surface area contributed by atoms with Crippen LogP contribution in [0, 0.1) is 0 Å². The van der Waals surface area contributed by atoms with Gasteiger partial charge in [0.05, 0.1) is 18.0 Å². The Labute approximate surface area is 111 Å². The summed E-state index contributed by atoms with van der Waals surface area (Å²) in [5.74, 6) is 1.35. The Morgan fingerprint density at radius 1 is 1.26 bits per heavy atom. The molecule has 0 amide bonds. The third-order valence-electron chi connectivity index (χ3n) is 3.56. The Bertz CT molecular complexity index is 645. The van der Waals surface area contributed by atoms with Crippen molar-refractivity contribution >= 4 is 16.9 Å². The molecule has 0 aliphatic carbocycles. The molecule has 0 radical (unpaired) electrons. The molecule has 1 N–H and O–H groups in total. The molecule has 100 valence electrons. The molecule has 1 saturated heterocycles. The molecule has 3 rings (SSSR count). The lowest BCUT2D eigenvalue weighted by Gasteiger charge is -2.27. The number of H-pyrrole nitrogens is 1. The number of hydrogen-bond acceptors (Lipinski definition) is 4. The van der Waals surface area contributed by atoms with Crippen LogP contribution >= 0.6 is 0 Å². The number of nitrogens with zero attached hydrogens (tertiary/aromatic N) is 2. The number of hydrogen-bond donors (Lipinski definition) is 1. The molecule has 1 aliphatic heterocycles. The van der Waals surface area contributed by atoms with Crippen molar-refractivity contribution in [3.63, 3.8) is 0 Å². The fourth-order valence-corrected chi connectivity index (χ4v) is 2.49. The summed E-state index contributed by atoms with van der Waals surface area (Å²) in [5.41, 5.74) is 0.606. The van der Waals surface area contributed by atoms with Crippen LogP contribution in [0.25, 0.3) is 10.9 Å². The van der Waals surface area contributed by atoms with Gasteiger partial charge >= 0.3 is 0 Å². The number of benzene rings is 1. The highest BCUT2D eigenvalue weighted by atomic mass is 16.5. The number of aromatic nitrogens is 2. The summed E-state index contributed by atoms with van der Waals surface area (Å²) in [6.45, 7) is 1.93. The fraction of sp³-hybridized carbons (Fsp3) is 0.429. The summed E-state index contributed by atoms with van der Waals surface area (Å²) >= 11 is 0. The zero-order chi connectivity index (χ0) is 13.2. The molecule has 0 unspecified atom stereocenters. The lowest BCUT2D eigenvalue weighted by molar-refractivity contribution is 0.415. The van der Waals surface area contributed by atoms with E-state index in [4.69, 9.17) is 4.74 Å². The summed E-state index contributed by atoms with van der Waals surface area (Å²) in [4.78, 5) is 21.7. The Balaban J connectivity index is 2.06. The standard InChI is InChI=1S/C14H17N3O2/c1-19-10-5-6-12-11(9-10)13(18)16-14(15-12)17-7-3-2-4-8-17/h5-6,9H,2-4,7-8H2,1H3,(H,15,16,18). The van der Waals surface area contributed by atoms with Gasteiger partial charge in [-0.2, -0.15) is 0 Å². The van der Waals surface area contributed by atoms with E-state index in [1.165, 1.54) is 6.42 Å². The van der Waals surface area contributed by atoms with Crippen molar-refractivity contribution in [3.8, 4) is 5.75 Å². The molecule has 0 atom stereocenters. The largest absolute Gasteiger partial charge is 0.497 e. The van der Waals surface area contributed by atoms with Crippen molar-refractivity contribution in [1.82, 2.24) is 9.97 Å². The number of fused-ring (bicyclic) bond motifs is 1. The number of aromatic amines is 1. The predicted molar refractivity (Wildman–Crippen MR) is 75.0 cm³/mol. The van der Waals surface area contributed by atoms with Gasteiger partial charge < -0.3 is 9.64 Å². The van der Waals surface area contributed by atoms with E-state index >= 15 is 0 Å². The smallest absolute Gasteiger partial charge is 0.260 e. The van der Waals surface area contributed by atoms with Gasteiger partial charge in [0.25, 0.3) is 5.56 Å². The van der Waals surface area contributed by atoms with Gasteiger partial charge in [-0.1, -0.05) is 0 Å². The van der Waals surface area contributed by atoms with E-state index in [1.54, 1.807) is 13.2 Å². The SMILES string of the molecule is COc1ccc2nc(N3CCCCC3)[nH]c(=O)c2c1. The van der Waals surface area contributed by atoms with Crippen LogP contribution in [0.4, 0.5) is 5.95 Å². The van der Waals surface area contributed by atoms with Crippen molar-refractivity contribution in [1.29, 1.82) is 0 Å². The first-order valence-corrected chi connectivity index (χ1v) is 6.61. The average molecular weight is 259 g/mol. The molecule has 5 nitrogen and oxygen atoms in total. The molecule has 0 bridgehead atoms. The lowest BCUT2D eigenvalue weighted by Crippen LogP contribution is -2.32. The Morgan fingerprint density at radius 3 is 2.79 bits per heavy atom. The van der Waals surface area contributed by atoms with E-state index in [-0.39, 0.29) is 5.56 Å². The van der Waals surface area contributed by atoms with Crippen LogP contribution in [0.2, 0.25) is 0 Å². The molecule has 1 aromatic carbocycles. The Kier molecular flexibility index (Phi) is 3.11. The van der Waals surface area contributed by atoms with E-state index < -0.39 is 0 Å². The summed E-state index contributed by atoms with van der Waals surface area (Å²) in [6.07, 6.45) is 3.57. The van der Waals surface area contributed by atoms with Crippen LogP contribution in [0.15, 0.2) is 23.0 Å². The first-order valence-electron chi connectivity index (χ1n) is 6.61. The van der Waals surface area contributed by atoms with Crippen molar-refractivity contribution < 1.29 is 4.74 Å². The molecule has 1 aromatic heterocycles. The maximum absolute atomic E-state index is 12.1. The maximum atomic E-state index is 12.1. The first-order chi connectivity index (χ1) is 9.28. The predicted octanol–water partition coefficient (Wildman–Crippen LogP) is 1.92. The number of rotatable bonds is 2. The topological polar surface area (TPSA) is 58.2 Å². The van der Waals surface area contributed by atoms with Crippen LogP contribution in [-0.2, 0) is 0 Å². The van der Waals surface area contributed by atoms with Crippen molar-refractivity contribution in [3.05, 3.63) is 28.6 Å². The van der Waals surface area contributed by atoms with Crippen molar-refractivity contribution in [2.75, 3.05) is 25.1 Å². The molecule has 1 aliphatic rings. The van der Waals surface area contributed by atoms with Crippen LogP contribution in [0.1, 0.15) is 19.3 Å². The Morgan fingerprint density at radius 2 is 2.05 bits per heavy atom. The van der Waals surface area contributed by atoms with Gasteiger partial charge in [-0.25, -0.2) is 4.98 Å². The third-order valence-corrected chi connectivity index (χ3v) is 3.56. The normalized spacial score (nSPS) is 15.7. The second-order valence-electron chi connectivity index (χ2n) is 4.82. The van der Waals surface area contributed by atoms with Crippen LogP contribution in [0.3, 0.4) is 0 Å². The van der Waals surface area contributed by atoms with E-state index in [0.29, 0.717) is 22.6 Å². The lowest BCUT2D eigenvalue weighted by atomic mass is 10.1. The van der Waals surface area contributed by atoms with E-state index in [2.05, 4.69) is 14.9 Å². The third kappa shape index (κ3) is 2.28. The molecule has 2 heterocycles. The molecule has 0 saturated carbocycles. The van der Waals surface area contributed by atoms with Gasteiger partial charge in [0.1, 0.15) is 5.75 Å². The van der Waals surface area contributed by atoms with E-state index in [9.17, 15) is 4.79 Å². The fourth-order valence-electron chi connectivity index (χ4n) is 2.49. The minimum Gasteiger partial charge on any atom is -0.497 e. The zero-order valence-corrected chi connectivity index (χ0v) is 11.0. The number of ether oxygens (including phenoxy) is 1. The Hall–Kier alpha value is -2.04. The number of anilines is 1. The van der Waals surface area contributed by atoms with Gasteiger partial charge in [-0.3, -0.25) is 9.78 Å². The molecule has 0 spiro atoms. The molecular formula is C14H17N3O2. The summed E-state index contributed by atoms with van der Waals surface area (Å²) < 4.78 is 5.13. The van der Waals surface area contributed by atoms with Gasteiger partial charge in [0.15, 0.2) is 0 Å². The highest BCUT2D eigenvalue weighted by Crippen LogP contribution is 2.19. The minimum absolute atomic E-state index is 0.107. The number of nitrogens with one attached hydrogen (secondary N) is 1. The van der Waals surface area contributed by atoms with Crippen LogP contribution in [0.5, 0.6) is 5.75 Å². The zero-order valence-electron chi connectivity index (χ0n) is 11.0. The quantitative estimate of drug-likeness (QED) is 0.895. The monoisotopic (exact) mass is 259 g/mol. The highest BCUT2D eigenvalue weighted by molar-refractivity contribution is 5.80. The molecule has 1 fully saturated rings. The second-order valence-corrected chi connectivity index (χ2v) is 4.82. The van der Waals surface area contributed by atoms with E-state index in [1.807, 2.05) is 12.1 Å². The summed E-state index contributed by atoms with van der Waals surface area (Å²) in [5, 5.41) is 0.570. The minimum atomic E-state index is -0.107. The van der Waals surface area contributed by atoms with Crippen molar-refractivity contribution in [2.45, 2.75) is 19.3 Å². The maximum Gasteiger partial charge on any atom is 0.260 e. The van der Waals surface area contributed by atoms with Crippen LogP contribution < -0.4 is 15.2 Å². The molecular weight excluding hydrogens is 242 g/mol. The number of piperidine rings is 1. The van der Waals surface area contributed by atoms with E-state index in [0.717, 1.165) is 25.9 Å². The van der Waals surface area contributed by atoms with Gasteiger partial charge in [-0.15, -0.1) is 0 Å². The van der Waals surface area contributed by atoms with Crippen molar-refractivity contribution in [2.24, 2.45) is 0 Å². The molecule has 19 heavy (non-hydrogen) atoms. The van der Waals surface area contributed by atoms with Gasteiger partial charge in [0.2, 0.25) is 5.95 Å². The average Bonchev–Trinajstić information content (AvgIpc) is 2.48. The van der Waals surface area contributed by atoms with Gasteiger partial charge in [0, 0.05) is 13.1 Å². The second kappa shape index (κ2) is 4.91. The highest BCUT2D eigenvalue weighted by Gasteiger charge is 2.14. The summed E-state index contributed by atoms with van der Waals surface area (Å²) in [6, 6.07) is 5.38. The van der Waals surface area contributed by atoms with Gasteiger partial charge in [-0.05, 0) is 37.5 Å². The van der Waals surface area contributed by atoms with Crippen LogP contribution in [-0.4, -0.2) is 30.2 Å². The summed E-state index contributed by atoms with van der Waals surface area (Å²) in [7, 11) is 1.59. The number of methoxy groups -OCH3 is 1.